The SMILES string of the molecule is COC(=O)CC1CCCCN1C(=O)c1ccccc1I. The van der Waals surface area contributed by atoms with Crippen LogP contribution in [-0.2, 0) is 9.53 Å². The van der Waals surface area contributed by atoms with Crippen LogP contribution in [0.25, 0.3) is 0 Å². The Hall–Kier alpha value is -1.11. The molecule has 2 rings (SSSR count). The molecule has 0 aliphatic carbocycles. The lowest BCUT2D eigenvalue weighted by atomic mass is 9.98. The first-order valence-electron chi connectivity index (χ1n) is 6.76. The smallest absolute Gasteiger partial charge is 0.307 e. The van der Waals surface area contributed by atoms with Crippen LogP contribution in [0.15, 0.2) is 24.3 Å². The van der Waals surface area contributed by atoms with Crippen LogP contribution < -0.4 is 0 Å². The van der Waals surface area contributed by atoms with Gasteiger partial charge in [-0.1, -0.05) is 12.1 Å². The number of halogens is 1. The fourth-order valence-electron chi connectivity index (χ4n) is 2.55. The molecule has 1 aliphatic heterocycles. The average Bonchev–Trinajstić information content (AvgIpc) is 2.47. The highest BCUT2D eigenvalue weighted by molar-refractivity contribution is 14.1. The number of amides is 1. The molecule has 0 bridgehead atoms. The predicted octanol–water partition coefficient (Wildman–Crippen LogP) is 2.85. The minimum absolute atomic E-state index is 0.0172. The van der Waals surface area contributed by atoms with Crippen LogP contribution in [-0.4, -0.2) is 36.5 Å². The quantitative estimate of drug-likeness (QED) is 0.592. The van der Waals surface area contributed by atoms with Crippen molar-refractivity contribution in [2.75, 3.05) is 13.7 Å². The second-order valence-electron chi connectivity index (χ2n) is 4.91. The normalized spacial score (nSPS) is 18.7. The minimum Gasteiger partial charge on any atom is -0.469 e. The first kappa shape index (κ1) is 15.3. The van der Waals surface area contributed by atoms with E-state index in [9.17, 15) is 9.59 Å². The number of carbonyl (C=O) groups excluding carboxylic acids is 2. The summed E-state index contributed by atoms with van der Waals surface area (Å²) in [5.41, 5.74) is 0.713. The van der Waals surface area contributed by atoms with Crippen molar-refractivity contribution in [1.82, 2.24) is 4.90 Å². The number of likely N-dealkylation sites (tertiary alicyclic amines) is 1. The van der Waals surface area contributed by atoms with E-state index in [1.165, 1.54) is 7.11 Å². The molecule has 0 radical (unpaired) electrons. The Kier molecular flexibility index (Phi) is 5.39. The molecule has 1 atom stereocenters. The number of hydrogen-bond acceptors (Lipinski definition) is 3. The van der Waals surface area contributed by atoms with Gasteiger partial charge in [0.25, 0.3) is 5.91 Å². The van der Waals surface area contributed by atoms with Gasteiger partial charge in [0, 0.05) is 16.2 Å². The van der Waals surface area contributed by atoms with Gasteiger partial charge in [-0.3, -0.25) is 9.59 Å². The van der Waals surface area contributed by atoms with Crippen molar-refractivity contribution in [3.05, 3.63) is 33.4 Å². The van der Waals surface area contributed by atoms with Crippen molar-refractivity contribution < 1.29 is 14.3 Å². The zero-order valence-electron chi connectivity index (χ0n) is 11.5. The lowest BCUT2D eigenvalue weighted by Gasteiger charge is -2.35. The first-order chi connectivity index (χ1) is 9.63. The van der Waals surface area contributed by atoms with Crippen molar-refractivity contribution in [2.45, 2.75) is 31.7 Å². The van der Waals surface area contributed by atoms with E-state index >= 15 is 0 Å². The summed E-state index contributed by atoms with van der Waals surface area (Å²) in [7, 11) is 1.39. The number of ether oxygens (including phenoxy) is 1. The second-order valence-corrected chi connectivity index (χ2v) is 6.07. The van der Waals surface area contributed by atoms with Gasteiger partial charge in [-0.05, 0) is 54.0 Å². The van der Waals surface area contributed by atoms with Gasteiger partial charge in [0.15, 0.2) is 0 Å². The molecule has 1 amide bonds. The van der Waals surface area contributed by atoms with E-state index in [1.807, 2.05) is 29.2 Å². The van der Waals surface area contributed by atoms with Crippen LogP contribution in [0.1, 0.15) is 36.0 Å². The maximum absolute atomic E-state index is 12.7. The Bertz CT molecular complexity index is 504. The number of benzene rings is 1. The van der Waals surface area contributed by atoms with Gasteiger partial charge in [-0.2, -0.15) is 0 Å². The third kappa shape index (κ3) is 3.50. The van der Waals surface area contributed by atoms with Crippen LogP contribution >= 0.6 is 22.6 Å². The molecule has 0 spiro atoms. The number of nitrogens with zero attached hydrogens (tertiary/aromatic N) is 1. The molecule has 108 valence electrons. The first-order valence-corrected chi connectivity index (χ1v) is 7.83. The van der Waals surface area contributed by atoms with Crippen LogP contribution in [0.4, 0.5) is 0 Å². The van der Waals surface area contributed by atoms with Gasteiger partial charge in [-0.25, -0.2) is 0 Å². The van der Waals surface area contributed by atoms with E-state index < -0.39 is 0 Å². The second kappa shape index (κ2) is 7.06. The molecule has 1 aromatic rings. The predicted molar refractivity (Wildman–Crippen MR) is 84.5 cm³/mol. The summed E-state index contributed by atoms with van der Waals surface area (Å²) in [5, 5.41) is 0. The molecule has 4 nitrogen and oxygen atoms in total. The van der Waals surface area contributed by atoms with Gasteiger partial charge < -0.3 is 9.64 Å². The Morgan fingerprint density at radius 1 is 1.35 bits per heavy atom. The number of rotatable bonds is 3. The molecule has 1 fully saturated rings. The lowest BCUT2D eigenvalue weighted by molar-refractivity contribution is -0.142. The fraction of sp³-hybridized carbons (Fsp3) is 0.467. The summed E-state index contributed by atoms with van der Waals surface area (Å²) in [5.74, 6) is -0.235. The van der Waals surface area contributed by atoms with Crippen LogP contribution in [0.2, 0.25) is 0 Å². The van der Waals surface area contributed by atoms with E-state index in [2.05, 4.69) is 22.6 Å². The standard InChI is InChI=1S/C15H18INO3/c1-20-14(18)10-11-6-4-5-9-17(11)15(19)12-7-2-3-8-13(12)16/h2-3,7-8,11H,4-6,9-10H2,1H3. The van der Waals surface area contributed by atoms with Crippen molar-refractivity contribution in [1.29, 1.82) is 0 Å². The lowest BCUT2D eigenvalue weighted by Crippen LogP contribution is -2.45. The Balaban J connectivity index is 2.17. The highest BCUT2D eigenvalue weighted by atomic mass is 127. The van der Waals surface area contributed by atoms with E-state index in [0.29, 0.717) is 12.1 Å². The van der Waals surface area contributed by atoms with Gasteiger partial charge in [0.1, 0.15) is 0 Å². The molecular weight excluding hydrogens is 369 g/mol. The van der Waals surface area contributed by atoms with Crippen molar-refractivity contribution >= 4 is 34.5 Å². The van der Waals surface area contributed by atoms with E-state index in [1.54, 1.807) is 0 Å². The van der Waals surface area contributed by atoms with E-state index in [-0.39, 0.29) is 24.3 Å². The largest absolute Gasteiger partial charge is 0.469 e. The summed E-state index contributed by atoms with van der Waals surface area (Å²) >= 11 is 2.17. The van der Waals surface area contributed by atoms with Crippen molar-refractivity contribution in [3.63, 3.8) is 0 Å². The van der Waals surface area contributed by atoms with Crippen LogP contribution in [0.3, 0.4) is 0 Å². The van der Waals surface area contributed by atoms with E-state index in [0.717, 1.165) is 22.8 Å². The molecule has 1 saturated heterocycles. The van der Waals surface area contributed by atoms with Gasteiger partial charge in [0.05, 0.1) is 19.1 Å². The molecule has 1 unspecified atom stereocenters. The molecule has 1 aliphatic rings. The zero-order chi connectivity index (χ0) is 14.5. The van der Waals surface area contributed by atoms with Crippen molar-refractivity contribution in [3.8, 4) is 0 Å². The Morgan fingerprint density at radius 2 is 2.10 bits per heavy atom. The molecule has 1 heterocycles. The topological polar surface area (TPSA) is 46.6 Å². The molecule has 5 heteroatoms. The molecule has 1 aromatic carbocycles. The van der Waals surface area contributed by atoms with Gasteiger partial charge in [0.2, 0.25) is 0 Å². The zero-order valence-corrected chi connectivity index (χ0v) is 13.6. The summed E-state index contributed by atoms with van der Waals surface area (Å²) in [6.45, 7) is 0.714. The maximum atomic E-state index is 12.7. The molecule has 0 aromatic heterocycles. The van der Waals surface area contributed by atoms with Crippen LogP contribution in [0.5, 0.6) is 0 Å². The summed E-state index contributed by atoms with van der Waals surface area (Å²) in [6.07, 6.45) is 3.19. The van der Waals surface area contributed by atoms with Gasteiger partial charge >= 0.3 is 5.97 Å². The maximum Gasteiger partial charge on any atom is 0.307 e. The highest BCUT2D eigenvalue weighted by Gasteiger charge is 2.30. The minimum atomic E-state index is -0.252. The number of methoxy groups -OCH3 is 1. The van der Waals surface area contributed by atoms with Crippen molar-refractivity contribution in [2.24, 2.45) is 0 Å². The molecule has 20 heavy (non-hydrogen) atoms. The van der Waals surface area contributed by atoms with Gasteiger partial charge in [-0.15, -0.1) is 0 Å². The monoisotopic (exact) mass is 387 g/mol. The fourth-order valence-corrected chi connectivity index (χ4v) is 3.16. The molecular formula is C15H18INO3. The number of hydrogen-bond donors (Lipinski definition) is 0. The molecule has 0 saturated carbocycles. The number of piperidine rings is 1. The summed E-state index contributed by atoms with van der Waals surface area (Å²) < 4.78 is 5.67. The van der Waals surface area contributed by atoms with Crippen LogP contribution in [0, 0.1) is 3.57 Å². The average molecular weight is 387 g/mol. The third-order valence-electron chi connectivity index (χ3n) is 3.62. The Labute approximate surface area is 132 Å². The number of esters is 1. The molecule has 0 N–H and O–H groups in total. The summed E-state index contributed by atoms with van der Waals surface area (Å²) in [6, 6.07) is 7.51. The highest BCUT2D eigenvalue weighted by Crippen LogP contribution is 2.24. The number of carbonyl (C=O) groups is 2. The summed E-state index contributed by atoms with van der Waals surface area (Å²) in [4.78, 5) is 26.0. The Morgan fingerprint density at radius 3 is 2.80 bits per heavy atom. The van der Waals surface area contributed by atoms with E-state index in [4.69, 9.17) is 4.74 Å². The third-order valence-corrected chi connectivity index (χ3v) is 4.56.